The molecule has 7 aromatic rings. The Balaban J connectivity index is 1.35. The van der Waals surface area contributed by atoms with Gasteiger partial charge in [0.25, 0.3) is 0 Å². The van der Waals surface area contributed by atoms with Crippen LogP contribution < -0.4 is 4.90 Å². The van der Waals surface area contributed by atoms with Crippen molar-refractivity contribution in [3.05, 3.63) is 186 Å². The van der Waals surface area contributed by atoms with Gasteiger partial charge < -0.3 is 4.90 Å². The maximum atomic E-state index is 2.48. The van der Waals surface area contributed by atoms with Crippen LogP contribution in [0.3, 0.4) is 0 Å². The van der Waals surface area contributed by atoms with E-state index in [1.807, 2.05) is 0 Å². The van der Waals surface area contributed by atoms with Gasteiger partial charge in [-0.25, -0.2) is 0 Å². The number of hydrogen-bond acceptors (Lipinski definition) is 1. The van der Waals surface area contributed by atoms with E-state index in [9.17, 15) is 0 Å². The number of rotatable bonds is 6. The lowest BCUT2D eigenvalue weighted by Gasteiger charge is -2.30. The van der Waals surface area contributed by atoms with Gasteiger partial charge in [-0.3, -0.25) is 0 Å². The summed E-state index contributed by atoms with van der Waals surface area (Å²) in [6, 6.07) is 61.1. The molecule has 0 unspecified atom stereocenters. The molecule has 0 atom stereocenters. The minimum atomic E-state index is -0.118. The highest BCUT2D eigenvalue weighted by Gasteiger charge is 2.36. The maximum absolute atomic E-state index is 2.48. The molecule has 0 spiro atoms. The van der Waals surface area contributed by atoms with Crippen molar-refractivity contribution in [3.8, 4) is 44.5 Å². The fourth-order valence-electron chi connectivity index (χ4n) is 8.14. The van der Waals surface area contributed by atoms with Crippen LogP contribution in [0.25, 0.3) is 44.5 Å². The number of hydrogen-bond donors (Lipinski definition) is 0. The molecule has 1 aliphatic carbocycles. The highest BCUT2D eigenvalue weighted by Crippen LogP contribution is 2.51. The van der Waals surface area contributed by atoms with E-state index in [1.54, 1.807) is 0 Å². The molecule has 0 N–H and O–H groups in total. The molecule has 0 heterocycles. The molecule has 1 heteroatoms. The van der Waals surface area contributed by atoms with E-state index < -0.39 is 0 Å². The first kappa shape index (κ1) is 35.4. The zero-order valence-electron chi connectivity index (χ0n) is 33.0. The number of benzene rings is 7. The van der Waals surface area contributed by atoms with Crippen molar-refractivity contribution in [2.24, 2.45) is 0 Å². The Hall–Kier alpha value is -5.66. The molecule has 0 aromatic heterocycles. The van der Waals surface area contributed by atoms with Crippen LogP contribution in [-0.4, -0.2) is 0 Å². The summed E-state index contributed by atoms with van der Waals surface area (Å²) in [6.45, 7) is 18.4. The zero-order chi connectivity index (χ0) is 37.8. The molecule has 8 rings (SSSR count). The van der Waals surface area contributed by atoms with Crippen LogP contribution in [0.15, 0.2) is 164 Å². The summed E-state index contributed by atoms with van der Waals surface area (Å²) < 4.78 is 0. The molecule has 1 aliphatic rings. The highest BCUT2D eigenvalue weighted by atomic mass is 15.1. The fraction of sp³-hybridized carbons (Fsp3) is 0.208. The largest absolute Gasteiger partial charge is 0.310 e. The Kier molecular flexibility index (Phi) is 8.73. The second-order valence-electron chi connectivity index (χ2n) is 17.5. The van der Waals surface area contributed by atoms with Crippen molar-refractivity contribution in [3.63, 3.8) is 0 Å². The third kappa shape index (κ3) is 6.47. The topological polar surface area (TPSA) is 3.24 Å². The minimum absolute atomic E-state index is 0.0752. The zero-order valence-corrected chi connectivity index (χ0v) is 33.0. The third-order valence-electron chi connectivity index (χ3n) is 11.4. The van der Waals surface area contributed by atoms with Crippen molar-refractivity contribution in [2.75, 3.05) is 4.90 Å². The normalized spacial score (nSPS) is 13.3. The second-order valence-corrected chi connectivity index (χ2v) is 17.5. The van der Waals surface area contributed by atoms with E-state index in [1.165, 1.54) is 66.8 Å². The molecular weight excluding hydrogens is 651 g/mol. The summed E-state index contributed by atoms with van der Waals surface area (Å²) in [4.78, 5) is 2.48. The predicted octanol–water partition coefficient (Wildman–Crippen LogP) is 15.1. The molecule has 0 bridgehead atoms. The lowest BCUT2D eigenvalue weighted by molar-refractivity contribution is 0.590. The summed E-state index contributed by atoms with van der Waals surface area (Å²) in [7, 11) is 0. The predicted molar refractivity (Wildman–Crippen MR) is 232 cm³/mol. The average Bonchev–Trinajstić information content (AvgIpc) is 3.40. The second kappa shape index (κ2) is 13.3. The SMILES string of the molecule is CC(C)(C)c1ccc(-c2ccc(-c3ccc(C(C)(C)C)cc3)c(N(c3ccc(-c4ccccc4)cc3)c3ccc4c(c3)C(C)(C)c3ccccc3-4)c2)cc1. The quantitative estimate of drug-likeness (QED) is 0.167. The van der Waals surface area contributed by atoms with E-state index in [4.69, 9.17) is 0 Å². The maximum Gasteiger partial charge on any atom is 0.0546 e. The smallest absolute Gasteiger partial charge is 0.0546 e. The first-order chi connectivity index (χ1) is 25.8. The lowest BCUT2D eigenvalue weighted by atomic mass is 9.82. The minimum Gasteiger partial charge on any atom is -0.310 e. The summed E-state index contributed by atoms with van der Waals surface area (Å²) in [6.07, 6.45) is 0. The molecule has 54 heavy (non-hydrogen) atoms. The summed E-state index contributed by atoms with van der Waals surface area (Å²) in [5, 5.41) is 0. The van der Waals surface area contributed by atoms with Gasteiger partial charge in [-0.05, 0) is 102 Å². The van der Waals surface area contributed by atoms with E-state index in [0.29, 0.717) is 0 Å². The molecule has 1 nitrogen and oxygen atoms in total. The van der Waals surface area contributed by atoms with Gasteiger partial charge in [0.1, 0.15) is 0 Å². The lowest BCUT2D eigenvalue weighted by Crippen LogP contribution is -2.17. The van der Waals surface area contributed by atoms with Gasteiger partial charge in [0, 0.05) is 22.4 Å². The molecule has 7 aromatic carbocycles. The van der Waals surface area contributed by atoms with Gasteiger partial charge in [-0.1, -0.05) is 189 Å². The fourth-order valence-corrected chi connectivity index (χ4v) is 8.14. The van der Waals surface area contributed by atoms with E-state index in [-0.39, 0.29) is 16.2 Å². The van der Waals surface area contributed by atoms with Gasteiger partial charge in [0.2, 0.25) is 0 Å². The molecule has 0 radical (unpaired) electrons. The van der Waals surface area contributed by atoms with Crippen molar-refractivity contribution >= 4 is 17.1 Å². The van der Waals surface area contributed by atoms with E-state index in [2.05, 4.69) is 224 Å². The molecule has 0 fully saturated rings. The molecule has 268 valence electrons. The van der Waals surface area contributed by atoms with Crippen LogP contribution in [0.2, 0.25) is 0 Å². The van der Waals surface area contributed by atoms with Crippen molar-refractivity contribution < 1.29 is 0 Å². The molecule has 0 aliphatic heterocycles. The van der Waals surface area contributed by atoms with E-state index in [0.717, 1.165) is 17.1 Å². The summed E-state index contributed by atoms with van der Waals surface area (Å²) >= 11 is 0. The van der Waals surface area contributed by atoms with Crippen molar-refractivity contribution in [2.45, 2.75) is 71.6 Å². The third-order valence-corrected chi connectivity index (χ3v) is 11.4. The van der Waals surface area contributed by atoms with Crippen LogP contribution in [0.5, 0.6) is 0 Å². The van der Waals surface area contributed by atoms with Crippen molar-refractivity contribution in [1.82, 2.24) is 0 Å². The number of anilines is 3. The molecular formula is C53H51N. The first-order valence-electron chi connectivity index (χ1n) is 19.3. The van der Waals surface area contributed by atoms with E-state index >= 15 is 0 Å². The first-order valence-corrected chi connectivity index (χ1v) is 19.3. The van der Waals surface area contributed by atoms with Crippen LogP contribution in [0, 0.1) is 0 Å². The Labute approximate surface area is 323 Å². The Morgan fingerprint density at radius 2 is 0.833 bits per heavy atom. The monoisotopic (exact) mass is 701 g/mol. The Bertz CT molecular complexity index is 2430. The van der Waals surface area contributed by atoms with Crippen LogP contribution in [0.4, 0.5) is 17.1 Å². The van der Waals surface area contributed by atoms with Gasteiger partial charge in [0.05, 0.1) is 5.69 Å². The Morgan fingerprint density at radius 1 is 0.370 bits per heavy atom. The number of nitrogens with zero attached hydrogens (tertiary/aromatic N) is 1. The molecule has 0 saturated heterocycles. The van der Waals surface area contributed by atoms with Gasteiger partial charge in [-0.2, -0.15) is 0 Å². The number of fused-ring (bicyclic) bond motifs is 3. The van der Waals surface area contributed by atoms with Gasteiger partial charge >= 0.3 is 0 Å². The van der Waals surface area contributed by atoms with Crippen molar-refractivity contribution in [1.29, 1.82) is 0 Å². The summed E-state index contributed by atoms with van der Waals surface area (Å²) in [5.74, 6) is 0. The van der Waals surface area contributed by atoms with Crippen LogP contribution in [0.1, 0.15) is 77.6 Å². The highest BCUT2D eigenvalue weighted by molar-refractivity contribution is 5.93. The molecule has 0 saturated carbocycles. The van der Waals surface area contributed by atoms with Crippen LogP contribution >= 0.6 is 0 Å². The van der Waals surface area contributed by atoms with Gasteiger partial charge in [-0.15, -0.1) is 0 Å². The standard InChI is InChI=1S/C53H51N/c1-51(2,3)41-25-18-38(19-26-41)40-24-32-45(39-20-27-42(28-21-39)52(4,5)6)50(34-40)54(43-29-22-37(23-30-43)36-14-10-9-11-15-36)44-31-33-47-46-16-12-13-17-48(46)53(7,8)49(47)35-44/h9-35H,1-8H3. The summed E-state index contributed by atoms with van der Waals surface area (Å²) in [5.41, 5.74) is 18.8. The van der Waals surface area contributed by atoms with Gasteiger partial charge in [0.15, 0.2) is 0 Å². The Morgan fingerprint density at radius 3 is 1.46 bits per heavy atom. The average molecular weight is 702 g/mol. The van der Waals surface area contributed by atoms with Crippen LogP contribution in [-0.2, 0) is 16.2 Å². The molecule has 0 amide bonds.